The number of carbonyl (C=O) groups is 1. The minimum absolute atomic E-state index is 0.186. The van der Waals surface area contributed by atoms with E-state index in [2.05, 4.69) is 27.6 Å². The molecule has 3 rings (SSSR count). The minimum Gasteiger partial charge on any atom is -0.319 e. The monoisotopic (exact) mass is 335 g/mol. The van der Waals surface area contributed by atoms with Crippen LogP contribution in [-0.4, -0.2) is 25.5 Å². The number of nitrogens with zero attached hydrogens (tertiary/aromatic N) is 4. The molecule has 0 saturated heterocycles. The smallest absolute Gasteiger partial charge is 0.248 e. The zero-order chi connectivity index (χ0) is 17.8. The molecular weight excluding hydrogens is 314 g/mol. The molecule has 3 aromatic rings. The van der Waals surface area contributed by atoms with Crippen LogP contribution in [0, 0.1) is 13.8 Å². The molecule has 0 fully saturated rings. The Morgan fingerprint density at radius 1 is 1.24 bits per heavy atom. The molecule has 0 unspecified atom stereocenters. The van der Waals surface area contributed by atoms with Crippen molar-refractivity contribution in [2.24, 2.45) is 7.05 Å². The Morgan fingerprint density at radius 3 is 2.68 bits per heavy atom. The quantitative estimate of drug-likeness (QED) is 0.729. The number of aryl methyl sites for hydroxylation is 2. The number of amides is 1. The third-order valence-electron chi connectivity index (χ3n) is 3.96. The van der Waals surface area contributed by atoms with E-state index in [1.54, 1.807) is 17.0 Å². The molecule has 0 aliphatic heterocycles. The summed E-state index contributed by atoms with van der Waals surface area (Å²) in [7, 11) is 1.84. The number of hydrogen-bond acceptors (Lipinski definition) is 3. The first-order valence-electron chi connectivity index (χ1n) is 8.08. The first-order valence-corrected chi connectivity index (χ1v) is 8.08. The predicted molar refractivity (Wildman–Crippen MR) is 98.1 cm³/mol. The van der Waals surface area contributed by atoms with Crippen LogP contribution < -0.4 is 5.32 Å². The van der Waals surface area contributed by atoms with Gasteiger partial charge < -0.3 is 5.32 Å². The Hall–Kier alpha value is -3.15. The van der Waals surface area contributed by atoms with Gasteiger partial charge in [-0.25, -0.2) is 0 Å². The first kappa shape index (κ1) is 16.7. The highest BCUT2D eigenvalue weighted by molar-refractivity contribution is 6.02. The Balaban J connectivity index is 1.72. The minimum atomic E-state index is -0.186. The number of aromatic nitrogens is 4. The molecule has 6 nitrogen and oxygen atoms in total. The zero-order valence-electron chi connectivity index (χ0n) is 14.6. The van der Waals surface area contributed by atoms with Gasteiger partial charge in [-0.3, -0.25) is 14.2 Å². The highest BCUT2D eigenvalue weighted by Gasteiger charge is 2.13. The summed E-state index contributed by atoms with van der Waals surface area (Å²) in [6.07, 6.45) is 6.79. The van der Waals surface area contributed by atoms with E-state index in [1.165, 1.54) is 11.6 Å². The van der Waals surface area contributed by atoms with Crippen molar-refractivity contribution >= 4 is 17.7 Å². The van der Waals surface area contributed by atoms with Crippen LogP contribution >= 0.6 is 0 Å². The third kappa shape index (κ3) is 4.03. The molecule has 0 aliphatic carbocycles. The van der Waals surface area contributed by atoms with Gasteiger partial charge in [0.15, 0.2) is 0 Å². The summed E-state index contributed by atoms with van der Waals surface area (Å²) in [5.41, 5.74) is 4.55. The maximum absolute atomic E-state index is 12.2. The lowest BCUT2D eigenvalue weighted by molar-refractivity contribution is -0.111. The SMILES string of the molecule is Cc1nn(Cc2ccccc2)c(C)c1NC(=O)C=Cc1cnn(C)c1. The van der Waals surface area contributed by atoms with E-state index < -0.39 is 0 Å². The normalized spacial score (nSPS) is 11.2. The van der Waals surface area contributed by atoms with E-state index in [0.29, 0.717) is 6.54 Å². The molecule has 0 atom stereocenters. The summed E-state index contributed by atoms with van der Waals surface area (Å²) in [6.45, 7) is 4.53. The number of carbonyl (C=O) groups excluding carboxylic acids is 1. The lowest BCUT2D eigenvalue weighted by Crippen LogP contribution is -2.10. The van der Waals surface area contributed by atoms with Crippen molar-refractivity contribution in [1.29, 1.82) is 0 Å². The largest absolute Gasteiger partial charge is 0.319 e. The van der Waals surface area contributed by atoms with Crippen LogP contribution in [0.2, 0.25) is 0 Å². The molecule has 6 heteroatoms. The highest BCUT2D eigenvalue weighted by atomic mass is 16.1. The van der Waals surface area contributed by atoms with E-state index in [0.717, 1.165) is 22.6 Å². The number of rotatable bonds is 5. The fourth-order valence-electron chi connectivity index (χ4n) is 2.65. The summed E-state index contributed by atoms with van der Waals surface area (Å²) >= 11 is 0. The van der Waals surface area contributed by atoms with E-state index in [-0.39, 0.29) is 5.91 Å². The third-order valence-corrected chi connectivity index (χ3v) is 3.96. The van der Waals surface area contributed by atoms with Crippen molar-refractivity contribution < 1.29 is 4.79 Å². The fraction of sp³-hybridized carbons (Fsp3) is 0.211. The molecule has 1 aromatic carbocycles. The van der Waals surface area contributed by atoms with Gasteiger partial charge >= 0.3 is 0 Å². The van der Waals surface area contributed by atoms with Crippen molar-refractivity contribution in [1.82, 2.24) is 19.6 Å². The Labute approximate surface area is 146 Å². The van der Waals surface area contributed by atoms with Gasteiger partial charge in [0, 0.05) is 24.9 Å². The van der Waals surface area contributed by atoms with Crippen molar-refractivity contribution in [3.63, 3.8) is 0 Å². The summed E-state index contributed by atoms with van der Waals surface area (Å²) in [4.78, 5) is 12.2. The van der Waals surface area contributed by atoms with Crippen LogP contribution in [0.25, 0.3) is 6.08 Å². The maximum atomic E-state index is 12.2. The molecule has 128 valence electrons. The van der Waals surface area contributed by atoms with Crippen LogP contribution in [-0.2, 0) is 18.4 Å². The van der Waals surface area contributed by atoms with Crippen LogP contribution in [0.5, 0.6) is 0 Å². The average molecular weight is 335 g/mol. The number of benzene rings is 1. The van der Waals surface area contributed by atoms with Gasteiger partial charge in [-0.1, -0.05) is 30.3 Å². The fourth-order valence-corrected chi connectivity index (χ4v) is 2.65. The molecule has 0 bridgehead atoms. The second kappa shape index (κ2) is 7.17. The summed E-state index contributed by atoms with van der Waals surface area (Å²) in [5, 5.41) is 11.5. The summed E-state index contributed by atoms with van der Waals surface area (Å²) in [5.74, 6) is -0.186. The van der Waals surface area contributed by atoms with E-state index >= 15 is 0 Å². The molecule has 1 amide bonds. The Morgan fingerprint density at radius 2 is 2.00 bits per heavy atom. The summed E-state index contributed by atoms with van der Waals surface area (Å²) < 4.78 is 3.60. The lowest BCUT2D eigenvalue weighted by Gasteiger charge is -2.06. The van der Waals surface area contributed by atoms with Gasteiger partial charge in [-0.05, 0) is 25.5 Å². The van der Waals surface area contributed by atoms with Gasteiger partial charge in [0.25, 0.3) is 0 Å². The Kier molecular flexibility index (Phi) is 4.79. The predicted octanol–water partition coefficient (Wildman–Crippen LogP) is 2.93. The Bertz CT molecular complexity index is 905. The molecule has 0 saturated carbocycles. The highest BCUT2D eigenvalue weighted by Crippen LogP contribution is 2.20. The van der Waals surface area contributed by atoms with Crippen molar-refractivity contribution in [3.05, 3.63) is 71.3 Å². The van der Waals surface area contributed by atoms with Gasteiger partial charge in [-0.2, -0.15) is 10.2 Å². The topological polar surface area (TPSA) is 64.7 Å². The number of anilines is 1. The van der Waals surface area contributed by atoms with Crippen LogP contribution in [0.4, 0.5) is 5.69 Å². The second-order valence-corrected chi connectivity index (χ2v) is 5.96. The molecular formula is C19H21N5O. The number of hydrogen-bond donors (Lipinski definition) is 1. The van der Waals surface area contributed by atoms with Gasteiger partial charge in [0.2, 0.25) is 5.91 Å². The molecule has 25 heavy (non-hydrogen) atoms. The maximum Gasteiger partial charge on any atom is 0.248 e. The van der Waals surface area contributed by atoms with Crippen molar-refractivity contribution in [2.75, 3.05) is 5.32 Å². The van der Waals surface area contributed by atoms with Gasteiger partial charge in [0.1, 0.15) is 0 Å². The van der Waals surface area contributed by atoms with E-state index in [9.17, 15) is 4.79 Å². The van der Waals surface area contributed by atoms with Crippen molar-refractivity contribution in [3.8, 4) is 0 Å². The molecule has 0 aliphatic rings. The molecule has 2 aromatic heterocycles. The zero-order valence-corrected chi connectivity index (χ0v) is 14.6. The van der Waals surface area contributed by atoms with Crippen molar-refractivity contribution in [2.45, 2.75) is 20.4 Å². The second-order valence-electron chi connectivity index (χ2n) is 5.96. The van der Waals surface area contributed by atoms with E-state index in [1.807, 2.05) is 50.0 Å². The van der Waals surface area contributed by atoms with Crippen LogP contribution in [0.1, 0.15) is 22.5 Å². The van der Waals surface area contributed by atoms with Crippen LogP contribution in [0.15, 0.2) is 48.8 Å². The van der Waals surface area contributed by atoms with E-state index in [4.69, 9.17) is 0 Å². The molecule has 0 spiro atoms. The molecule has 2 heterocycles. The van der Waals surface area contributed by atoms with Crippen LogP contribution in [0.3, 0.4) is 0 Å². The first-order chi connectivity index (χ1) is 12.0. The average Bonchev–Trinajstić information content (AvgIpc) is 3.12. The lowest BCUT2D eigenvalue weighted by atomic mass is 10.2. The molecule has 0 radical (unpaired) electrons. The van der Waals surface area contributed by atoms with Gasteiger partial charge in [-0.15, -0.1) is 0 Å². The standard InChI is InChI=1S/C19H21N5O/c1-14-19(21-18(25)10-9-17-11-20-23(3)12-17)15(2)24(22-14)13-16-7-5-4-6-8-16/h4-12H,13H2,1-3H3,(H,21,25). The number of nitrogens with one attached hydrogen (secondary N) is 1. The van der Waals surface area contributed by atoms with Gasteiger partial charge in [0.05, 0.1) is 29.8 Å². The summed E-state index contributed by atoms with van der Waals surface area (Å²) in [6, 6.07) is 10.1. The molecule has 1 N–H and O–H groups in total.